The monoisotopic (exact) mass is 424 g/mol. The normalized spacial score (nSPS) is 10.9. The largest absolute Gasteiger partial charge is 0.435 e. The Hall–Kier alpha value is -2.78. The molecule has 0 radical (unpaired) electrons. The van der Waals surface area contributed by atoms with Crippen molar-refractivity contribution in [3.8, 4) is 17.1 Å². The maximum atomic E-state index is 12.3. The van der Waals surface area contributed by atoms with Crippen molar-refractivity contribution >= 4 is 29.7 Å². The summed E-state index contributed by atoms with van der Waals surface area (Å²) in [7, 11) is 0. The van der Waals surface area contributed by atoms with Crippen LogP contribution in [0.1, 0.15) is 5.56 Å². The van der Waals surface area contributed by atoms with Gasteiger partial charge < -0.3 is 10.1 Å². The van der Waals surface area contributed by atoms with E-state index in [1.807, 2.05) is 0 Å². The third-order valence-corrected chi connectivity index (χ3v) is 4.36. The first-order valence-electron chi connectivity index (χ1n) is 8.14. The maximum Gasteiger partial charge on any atom is 0.387 e. The van der Waals surface area contributed by atoms with Gasteiger partial charge in [0.2, 0.25) is 5.91 Å². The van der Waals surface area contributed by atoms with Gasteiger partial charge in [-0.1, -0.05) is 23.7 Å². The molecule has 0 unspecified atom stereocenters. The van der Waals surface area contributed by atoms with Gasteiger partial charge in [-0.25, -0.2) is 0 Å². The van der Waals surface area contributed by atoms with Crippen LogP contribution in [0.5, 0.6) is 5.75 Å². The summed E-state index contributed by atoms with van der Waals surface area (Å²) in [5.41, 5.74) is 1.50. The van der Waals surface area contributed by atoms with E-state index in [0.29, 0.717) is 15.6 Å². The van der Waals surface area contributed by atoms with Crippen molar-refractivity contribution in [1.29, 1.82) is 0 Å². The Morgan fingerprint density at radius 3 is 2.54 bits per heavy atom. The second-order valence-corrected chi connectivity index (χ2v) is 6.57. The van der Waals surface area contributed by atoms with E-state index in [-0.39, 0.29) is 24.7 Å². The molecule has 1 amide bonds. The predicted octanol–water partition coefficient (Wildman–Crippen LogP) is 4.18. The molecule has 2 aromatic carbocycles. The van der Waals surface area contributed by atoms with Gasteiger partial charge in [0.05, 0.1) is 0 Å². The minimum absolute atomic E-state index is 0.0279. The number of H-pyrrole nitrogens is 1. The van der Waals surface area contributed by atoms with Gasteiger partial charge in [-0.2, -0.15) is 13.9 Å². The average molecular weight is 425 g/mol. The lowest BCUT2D eigenvalue weighted by atomic mass is 10.2. The first-order chi connectivity index (χ1) is 13.4. The van der Waals surface area contributed by atoms with Crippen LogP contribution >= 0.6 is 23.8 Å². The summed E-state index contributed by atoms with van der Waals surface area (Å²) in [4.78, 5) is 12.3. The summed E-state index contributed by atoms with van der Waals surface area (Å²) in [6.07, 6.45) is 0. The Morgan fingerprint density at radius 1 is 1.21 bits per heavy atom. The number of hydrogen-bond acceptors (Lipinski definition) is 4. The van der Waals surface area contributed by atoms with Gasteiger partial charge in [-0.3, -0.25) is 14.5 Å². The molecule has 0 aliphatic carbocycles. The van der Waals surface area contributed by atoms with Gasteiger partial charge in [0.25, 0.3) is 0 Å². The topological polar surface area (TPSA) is 71.9 Å². The number of aromatic nitrogens is 3. The summed E-state index contributed by atoms with van der Waals surface area (Å²) >= 11 is 11.1. The standard InChI is InChI=1S/C18H15ClF2N4O2S/c19-13-5-3-12(4-6-13)16-23-24-18(28)25(16)10-15(26)22-9-11-1-7-14(8-2-11)27-17(20)21/h1-8,17H,9-10H2,(H,22,26)(H,24,28). The van der Waals surface area contributed by atoms with Gasteiger partial charge in [-0.05, 0) is 54.2 Å². The molecule has 3 aromatic rings. The number of nitrogens with zero attached hydrogens (tertiary/aromatic N) is 2. The van der Waals surface area contributed by atoms with E-state index in [9.17, 15) is 13.6 Å². The molecule has 28 heavy (non-hydrogen) atoms. The number of ether oxygens (including phenoxy) is 1. The van der Waals surface area contributed by atoms with Crippen molar-refractivity contribution in [2.75, 3.05) is 0 Å². The number of rotatable bonds is 7. The van der Waals surface area contributed by atoms with E-state index in [1.54, 1.807) is 41.0 Å². The molecule has 10 heteroatoms. The molecule has 6 nitrogen and oxygen atoms in total. The van der Waals surface area contributed by atoms with Crippen LogP contribution < -0.4 is 10.1 Å². The smallest absolute Gasteiger partial charge is 0.387 e. The first kappa shape index (κ1) is 20.0. The fourth-order valence-corrected chi connectivity index (χ4v) is 2.80. The lowest BCUT2D eigenvalue weighted by Crippen LogP contribution is -2.27. The number of aromatic amines is 1. The van der Waals surface area contributed by atoms with E-state index >= 15 is 0 Å². The van der Waals surface area contributed by atoms with Crippen LogP contribution in [0, 0.1) is 4.77 Å². The zero-order valence-electron chi connectivity index (χ0n) is 14.4. The van der Waals surface area contributed by atoms with Crippen LogP contribution in [0.15, 0.2) is 48.5 Å². The van der Waals surface area contributed by atoms with E-state index in [0.717, 1.165) is 11.1 Å². The fourth-order valence-electron chi connectivity index (χ4n) is 2.47. The lowest BCUT2D eigenvalue weighted by Gasteiger charge is -2.09. The SMILES string of the molecule is O=C(Cn1c(-c2ccc(Cl)cc2)n[nH]c1=S)NCc1ccc(OC(F)F)cc1. The minimum atomic E-state index is -2.88. The van der Waals surface area contributed by atoms with Crippen LogP contribution in [0.3, 0.4) is 0 Å². The second kappa shape index (κ2) is 8.94. The third kappa shape index (κ3) is 5.14. The summed E-state index contributed by atoms with van der Waals surface area (Å²) in [6.45, 7) is -2.67. The molecule has 0 saturated carbocycles. The molecule has 0 aliphatic heterocycles. The third-order valence-electron chi connectivity index (χ3n) is 3.80. The van der Waals surface area contributed by atoms with Crippen molar-refractivity contribution in [1.82, 2.24) is 20.1 Å². The molecular formula is C18H15ClF2N4O2S. The fraction of sp³-hybridized carbons (Fsp3) is 0.167. The molecule has 0 fully saturated rings. The molecule has 0 aliphatic rings. The van der Waals surface area contributed by atoms with Crippen molar-refractivity contribution in [3.05, 3.63) is 63.9 Å². The number of nitrogens with one attached hydrogen (secondary N) is 2. The molecule has 1 aromatic heterocycles. The molecule has 0 saturated heterocycles. The van der Waals surface area contributed by atoms with E-state index in [1.165, 1.54) is 12.1 Å². The summed E-state index contributed by atoms with van der Waals surface area (Å²) in [5.74, 6) is 0.299. The number of benzene rings is 2. The van der Waals surface area contributed by atoms with Crippen LogP contribution in [-0.2, 0) is 17.9 Å². The van der Waals surface area contributed by atoms with Crippen molar-refractivity contribution in [2.24, 2.45) is 0 Å². The summed E-state index contributed by atoms with van der Waals surface area (Å²) < 4.78 is 30.5. The molecule has 3 rings (SSSR count). The Bertz CT molecular complexity index is 1000. The Balaban J connectivity index is 1.63. The highest BCUT2D eigenvalue weighted by molar-refractivity contribution is 7.71. The Kier molecular flexibility index (Phi) is 6.37. The summed E-state index contributed by atoms with van der Waals surface area (Å²) in [6, 6.07) is 13.0. The molecule has 0 atom stereocenters. The van der Waals surface area contributed by atoms with Crippen molar-refractivity contribution in [3.63, 3.8) is 0 Å². The van der Waals surface area contributed by atoms with Crippen LogP contribution in [0.4, 0.5) is 8.78 Å². The van der Waals surface area contributed by atoms with E-state index < -0.39 is 6.61 Å². The van der Waals surface area contributed by atoms with Crippen LogP contribution in [0.25, 0.3) is 11.4 Å². The number of hydrogen-bond donors (Lipinski definition) is 2. The predicted molar refractivity (Wildman–Crippen MR) is 103 cm³/mol. The molecule has 0 bridgehead atoms. The highest BCUT2D eigenvalue weighted by Crippen LogP contribution is 2.20. The molecule has 1 heterocycles. The van der Waals surface area contributed by atoms with Crippen molar-refractivity contribution in [2.45, 2.75) is 19.7 Å². The average Bonchev–Trinajstić information content (AvgIpc) is 3.02. The number of halogens is 3. The maximum absolute atomic E-state index is 12.3. The Morgan fingerprint density at radius 2 is 1.89 bits per heavy atom. The number of carbonyl (C=O) groups is 1. The summed E-state index contributed by atoms with van der Waals surface area (Å²) in [5, 5.41) is 10.2. The van der Waals surface area contributed by atoms with Gasteiger partial charge in [0.1, 0.15) is 12.3 Å². The quantitative estimate of drug-likeness (QED) is 0.558. The molecule has 2 N–H and O–H groups in total. The highest BCUT2D eigenvalue weighted by atomic mass is 35.5. The van der Waals surface area contributed by atoms with Crippen LogP contribution in [-0.4, -0.2) is 27.3 Å². The van der Waals surface area contributed by atoms with Gasteiger partial charge >= 0.3 is 6.61 Å². The van der Waals surface area contributed by atoms with Gasteiger partial charge in [-0.15, -0.1) is 0 Å². The zero-order valence-corrected chi connectivity index (χ0v) is 15.9. The van der Waals surface area contributed by atoms with E-state index in [4.69, 9.17) is 23.8 Å². The molecule has 0 spiro atoms. The van der Waals surface area contributed by atoms with Gasteiger partial charge in [0.15, 0.2) is 10.6 Å². The number of alkyl halides is 2. The van der Waals surface area contributed by atoms with Crippen molar-refractivity contribution < 1.29 is 18.3 Å². The van der Waals surface area contributed by atoms with Gasteiger partial charge in [0, 0.05) is 17.1 Å². The molecular weight excluding hydrogens is 410 g/mol. The zero-order chi connectivity index (χ0) is 20.1. The van der Waals surface area contributed by atoms with E-state index in [2.05, 4.69) is 20.3 Å². The number of amides is 1. The second-order valence-electron chi connectivity index (χ2n) is 5.74. The Labute approximate surface area is 169 Å². The number of carbonyl (C=O) groups excluding carboxylic acids is 1. The minimum Gasteiger partial charge on any atom is -0.435 e. The first-order valence-corrected chi connectivity index (χ1v) is 8.92. The highest BCUT2D eigenvalue weighted by Gasteiger charge is 2.12. The van der Waals surface area contributed by atoms with Crippen LogP contribution in [0.2, 0.25) is 5.02 Å². The molecule has 146 valence electrons. The lowest BCUT2D eigenvalue weighted by molar-refractivity contribution is -0.121.